The average Bonchev–Trinajstić information content (AvgIpc) is 3.32. The van der Waals surface area contributed by atoms with Gasteiger partial charge in [0, 0.05) is 25.3 Å². The minimum absolute atomic E-state index is 0.0942. The quantitative estimate of drug-likeness (QED) is 0.762. The zero-order chi connectivity index (χ0) is 20.6. The van der Waals surface area contributed by atoms with E-state index in [-0.39, 0.29) is 11.8 Å². The third kappa shape index (κ3) is 5.80. The number of likely N-dealkylation sites (tertiary alicyclic amines) is 2. The summed E-state index contributed by atoms with van der Waals surface area (Å²) >= 11 is 0. The lowest BCUT2D eigenvalue weighted by Crippen LogP contribution is -2.50. The van der Waals surface area contributed by atoms with Crippen LogP contribution in [0, 0.1) is 5.92 Å². The molecule has 0 spiro atoms. The number of carbonyl (C=O) groups excluding carboxylic acids is 1. The summed E-state index contributed by atoms with van der Waals surface area (Å²) in [5, 5.41) is 3.08. The number of rotatable bonds is 7. The van der Waals surface area contributed by atoms with Crippen molar-refractivity contribution in [3.63, 3.8) is 0 Å². The van der Waals surface area contributed by atoms with Crippen LogP contribution in [0.4, 0.5) is 0 Å². The van der Waals surface area contributed by atoms with Crippen molar-refractivity contribution in [3.8, 4) is 0 Å². The van der Waals surface area contributed by atoms with E-state index < -0.39 is 0 Å². The topological polar surface area (TPSA) is 61.6 Å². The van der Waals surface area contributed by atoms with Crippen molar-refractivity contribution in [3.05, 3.63) is 60.3 Å². The average molecular weight is 409 g/mol. The van der Waals surface area contributed by atoms with Crippen LogP contribution in [0.3, 0.4) is 0 Å². The highest BCUT2D eigenvalue weighted by Gasteiger charge is 2.31. The highest BCUT2D eigenvalue weighted by molar-refractivity contribution is 5.78. The highest BCUT2D eigenvalue weighted by atomic mass is 16.3. The molecule has 6 heteroatoms. The summed E-state index contributed by atoms with van der Waals surface area (Å²) in [5.41, 5.74) is 0.909. The predicted octanol–water partition coefficient (Wildman–Crippen LogP) is 3.18. The molecule has 6 nitrogen and oxygen atoms in total. The molecule has 2 saturated heterocycles. The van der Waals surface area contributed by atoms with Crippen molar-refractivity contribution in [2.75, 3.05) is 32.7 Å². The molecule has 0 aliphatic carbocycles. The molecule has 4 heterocycles. The monoisotopic (exact) mass is 408 g/mol. The summed E-state index contributed by atoms with van der Waals surface area (Å²) < 4.78 is 5.34. The predicted molar refractivity (Wildman–Crippen MR) is 118 cm³/mol. The van der Waals surface area contributed by atoms with E-state index in [1.807, 2.05) is 36.4 Å². The molecule has 1 unspecified atom stereocenters. The highest BCUT2D eigenvalue weighted by Crippen LogP contribution is 2.24. The molecule has 2 aromatic rings. The number of hydrogen-bond donors (Lipinski definition) is 1. The second-order valence-corrected chi connectivity index (χ2v) is 8.32. The van der Waals surface area contributed by atoms with Gasteiger partial charge in [0.1, 0.15) is 5.76 Å². The smallest absolute Gasteiger partial charge is 0.224 e. The molecular weight excluding hydrogens is 376 g/mol. The van der Waals surface area contributed by atoms with Gasteiger partial charge in [0.05, 0.1) is 24.4 Å². The van der Waals surface area contributed by atoms with E-state index in [1.165, 1.54) is 12.8 Å². The lowest BCUT2D eigenvalue weighted by atomic mass is 9.93. The van der Waals surface area contributed by atoms with Crippen LogP contribution in [0.5, 0.6) is 0 Å². The van der Waals surface area contributed by atoms with Crippen molar-refractivity contribution >= 4 is 12.0 Å². The third-order valence-corrected chi connectivity index (χ3v) is 6.26. The fourth-order valence-corrected chi connectivity index (χ4v) is 4.55. The van der Waals surface area contributed by atoms with E-state index in [0.29, 0.717) is 12.6 Å². The lowest BCUT2D eigenvalue weighted by molar-refractivity contribution is -0.127. The molecule has 30 heavy (non-hydrogen) atoms. The number of nitrogens with one attached hydrogen (secondary N) is 1. The fourth-order valence-electron chi connectivity index (χ4n) is 4.55. The van der Waals surface area contributed by atoms with Gasteiger partial charge in [0.2, 0.25) is 5.91 Å². The van der Waals surface area contributed by atoms with Crippen molar-refractivity contribution in [1.82, 2.24) is 20.1 Å². The molecule has 1 N–H and O–H groups in total. The molecule has 0 saturated carbocycles. The van der Waals surface area contributed by atoms with Gasteiger partial charge in [-0.15, -0.1) is 0 Å². The zero-order valence-electron chi connectivity index (χ0n) is 17.6. The van der Waals surface area contributed by atoms with Gasteiger partial charge in [-0.1, -0.05) is 12.1 Å². The molecule has 2 aliphatic heterocycles. The van der Waals surface area contributed by atoms with E-state index in [0.717, 1.165) is 57.0 Å². The van der Waals surface area contributed by atoms with Crippen LogP contribution in [0.2, 0.25) is 0 Å². The van der Waals surface area contributed by atoms with Gasteiger partial charge in [-0.25, -0.2) is 0 Å². The number of pyridine rings is 1. The SMILES string of the molecule is O=C(NCc1ccccn1)C1CCCN(C2CCN(CC=Cc3ccco3)CC2)C1. The summed E-state index contributed by atoms with van der Waals surface area (Å²) in [7, 11) is 0. The van der Waals surface area contributed by atoms with Gasteiger partial charge in [-0.3, -0.25) is 19.6 Å². The van der Waals surface area contributed by atoms with E-state index in [9.17, 15) is 4.79 Å². The second-order valence-electron chi connectivity index (χ2n) is 8.32. The molecule has 1 atom stereocenters. The molecule has 1 amide bonds. The van der Waals surface area contributed by atoms with Gasteiger partial charge in [-0.05, 0) is 75.7 Å². The Morgan fingerprint density at radius 2 is 2.07 bits per heavy atom. The van der Waals surface area contributed by atoms with Gasteiger partial charge in [0.25, 0.3) is 0 Å². The van der Waals surface area contributed by atoms with Crippen LogP contribution in [-0.2, 0) is 11.3 Å². The number of hydrogen-bond acceptors (Lipinski definition) is 5. The van der Waals surface area contributed by atoms with Crippen molar-refractivity contribution in [2.24, 2.45) is 5.92 Å². The fraction of sp³-hybridized carbons (Fsp3) is 0.500. The summed E-state index contributed by atoms with van der Waals surface area (Å²) in [6, 6.07) is 10.3. The minimum atomic E-state index is 0.0942. The number of piperidine rings is 2. The van der Waals surface area contributed by atoms with Crippen LogP contribution in [0.15, 0.2) is 53.3 Å². The number of amides is 1. The Bertz CT molecular complexity index is 798. The van der Waals surface area contributed by atoms with Gasteiger partial charge >= 0.3 is 0 Å². The third-order valence-electron chi connectivity index (χ3n) is 6.26. The standard InChI is InChI=1S/C24H32N4O2/c29-24(26-18-21-7-1-2-12-25-21)20-6-3-14-28(19-20)22-10-15-27(16-11-22)13-4-8-23-9-5-17-30-23/h1-2,4-5,7-9,12,17,20,22H,3,6,10-11,13-16,18-19H2,(H,26,29). The Balaban J connectivity index is 1.19. The van der Waals surface area contributed by atoms with Gasteiger partial charge in [-0.2, -0.15) is 0 Å². The van der Waals surface area contributed by atoms with E-state index in [1.54, 1.807) is 12.5 Å². The molecule has 0 bridgehead atoms. The van der Waals surface area contributed by atoms with Crippen molar-refractivity contribution < 1.29 is 9.21 Å². The zero-order valence-corrected chi connectivity index (χ0v) is 17.6. The normalized spacial score (nSPS) is 21.8. The Hall–Kier alpha value is -2.44. The summed E-state index contributed by atoms with van der Waals surface area (Å²) in [6.45, 7) is 5.71. The van der Waals surface area contributed by atoms with Crippen molar-refractivity contribution in [1.29, 1.82) is 0 Å². The lowest BCUT2D eigenvalue weighted by Gasteiger charge is -2.41. The van der Waals surface area contributed by atoms with Crippen LogP contribution < -0.4 is 5.32 Å². The van der Waals surface area contributed by atoms with Crippen LogP contribution in [0.25, 0.3) is 6.08 Å². The molecule has 4 rings (SSSR count). The molecule has 2 aromatic heterocycles. The first kappa shape index (κ1) is 20.8. The molecular formula is C24H32N4O2. The minimum Gasteiger partial charge on any atom is -0.465 e. The largest absolute Gasteiger partial charge is 0.465 e. The maximum Gasteiger partial charge on any atom is 0.224 e. The van der Waals surface area contributed by atoms with Gasteiger partial charge in [0.15, 0.2) is 0 Å². The second kappa shape index (κ2) is 10.5. The first-order valence-electron chi connectivity index (χ1n) is 11.1. The number of aromatic nitrogens is 1. The van der Waals surface area contributed by atoms with Crippen LogP contribution in [0.1, 0.15) is 37.1 Å². The molecule has 160 valence electrons. The summed E-state index contributed by atoms with van der Waals surface area (Å²) in [4.78, 5) is 22.0. The maximum atomic E-state index is 12.7. The van der Waals surface area contributed by atoms with E-state index in [2.05, 4.69) is 26.2 Å². The Morgan fingerprint density at radius 1 is 1.17 bits per heavy atom. The molecule has 0 radical (unpaired) electrons. The van der Waals surface area contributed by atoms with Crippen LogP contribution in [-0.4, -0.2) is 59.5 Å². The van der Waals surface area contributed by atoms with E-state index >= 15 is 0 Å². The van der Waals surface area contributed by atoms with E-state index in [4.69, 9.17) is 4.42 Å². The molecule has 2 fully saturated rings. The molecule has 2 aliphatic rings. The van der Waals surface area contributed by atoms with Gasteiger partial charge < -0.3 is 9.73 Å². The maximum absolute atomic E-state index is 12.7. The number of carbonyl (C=O) groups is 1. The Morgan fingerprint density at radius 3 is 2.83 bits per heavy atom. The summed E-state index contributed by atoms with van der Waals surface area (Å²) in [5.74, 6) is 1.17. The Kier molecular flexibility index (Phi) is 7.32. The first-order valence-corrected chi connectivity index (χ1v) is 11.1. The van der Waals surface area contributed by atoms with Crippen molar-refractivity contribution in [2.45, 2.75) is 38.3 Å². The number of nitrogens with zero attached hydrogens (tertiary/aromatic N) is 3. The first-order chi connectivity index (χ1) is 14.8. The number of furan rings is 1. The molecule has 0 aromatic carbocycles. The van der Waals surface area contributed by atoms with Crippen LogP contribution >= 0.6 is 0 Å². The summed E-state index contributed by atoms with van der Waals surface area (Å²) in [6.07, 6.45) is 12.1. The Labute approximate surface area is 179 Å².